The van der Waals surface area contributed by atoms with E-state index in [0.29, 0.717) is 12.4 Å². The molecule has 1 fully saturated rings. The van der Waals surface area contributed by atoms with Gasteiger partial charge in [0.05, 0.1) is 17.9 Å². The number of fused-ring (bicyclic) bond motifs is 1. The summed E-state index contributed by atoms with van der Waals surface area (Å²) in [6.45, 7) is 5.79. The van der Waals surface area contributed by atoms with E-state index in [1.54, 1.807) is 6.92 Å². The lowest BCUT2D eigenvalue weighted by Crippen LogP contribution is -2.44. The number of piperazine rings is 1. The Balaban J connectivity index is 1.45. The van der Waals surface area contributed by atoms with Crippen molar-refractivity contribution in [3.63, 3.8) is 0 Å². The van der Waals surface area contributed by atoms with Crippen molar-refractivity contribution in [1.82, 2.24) is 14.4 Å². The zero-order valence-corrected chi connectivity index (χ0v) is 18.9. The topological polar surface area (TPSA) is 95.0 Å². The van der Waals surface area contributed by atoms with Gasteiger partial charge in [0.15, 0.2) is 12.3 Å². The lowest BCUT2D eigenvalue weighted by atomic mass is 10.1. The van der Waals surface area contributed by atoms with Crippen molar-refractivity contribution in [2.45, 2.75) is 13.6 Å². The van der Waals surface area contributed by atoms with Crippen LogP contribution in [0.4, 0.5) is 5.69 Å². The highest BCUT2D eigenvalue weighted by molar-refractivity contribution is 5.98. The fraction of sp³-hybridized carbons (Fsp3) is 0.333. The summed E-state index contributed by atoms with van der Waals surface area (Å²) in [5.74, 6) is -0.597. The third-order valence-electron chi connectivity index (χ3n) is 5.70. The second kappa shape index (κ2) is 10.4. The molecule has 1 aliphatic rings. The predicted octanol–water partition coefficient (Wildman–Crippen LogP) is 3.60. The smallest absolute Gasteiger partial charge is 0.304 e. The average molecular weight is 449 g/mol. The van der Waals surface area contributed by atoms with E-state index in [0.717, 1.165) is 42.6 Å². The third kappa shape index (κ3) is 5.44. The van der Waals surface area contributed by atoms with Crippen LogP contribution in [0.3, 0.4) is 0 Å². The Bertz CT molecular complexity index is 1160. The highest BCUT2D eigenvalue weighted by Gasteiger charge is 2.20. The van der Waals surface area contributed by atoms with Gasteiger partial charge in [-0.05, 0) is 25.6 Å². The fourth-order valence-corrected chi connectivity index (χ4v) is 3.75. The number of carbonyl (C=O) groups is 1. The molecule has 9 nitrogen and oxygen atoms in total. The lowest BCUT2D eigenvalue weighted by Gasteiger charge is -2.32. The predicted molar refractivity (Wildman–Crippen MR) is 127 cm³/mol. The first-order valence-corrected chi connectivity index (χ1v) is 10.9. The Morgan fingerprint density at radius 1 is 1.03 bits per heavy atom. The summed E-state index contributed by atoms with van der Waals surface area (Å²) in [6.07, 6.45) is 0. The largest absolute Gasteiger partial charge is 0.493 e. The molecule has 9 heteroatoms. The number of hydrogen-bond acceptors (Lipinski definition) is 7. The van der Waals surface area contributed by atoms with Gasteiger partial charge in [0.2, 0.25) is 5.88 Å². The van der Waals surface area contributed by atoms with Crippen molar-refractivity contribution in [2.75, 3.05) is 39.8 Å². The second-order valence-electron chi connectivity index (χ2n) is 8.09. The number of aromatic nitrogens is 1. The van der Waals surface area contributed by atoms with E-state index in [4.69, 9.17) is 4.84 Å². The molecular weight excluding hydrogens is 420 g/mol. The molecule has 0 saturated carbocycles. The van der Waals surface area contributed by atoms with E-state index >= 15 is 0 Å². The minimum atomic E-state index is -0.588. The van der Waals surface area contributed by atoms with E-state index < -0.39 is 5.91 Å². The SMILES string of the molecule is C/C(=N/OCC(=O)N=Nc1c(O)n(CN2CCN(C)CC2)c2ccccc12)c1ccccc1. The van der Waals surface area contributed by atoms with Crippen LogP contribution in [0.25, 0.3) is 10.9 Å². The second-order valence-corrected chi connectivity index (χ2v) is 8.09. The Hall–Kier alpha value is -3.56. The van der Waals surface area contributed by atoms with Crippen LogP contribution in [0.2, 0.25) is 0 Å². The molecular formula is C24H28N6O3. The van der Waals surface area contributed by atoms with Gasteiger partial charge in [-0.25, -0.2) is 0 Å². The van der Waals surface area contributed by atoms with Gasteiger partial charge in [0, 0.05) is 31.6 Å². The van der Waals surface area contributed by atoms with Crippen molar-refractivity contribution in [1.29, 1.82) is 0 Å². The molecule has 33 heavy (non-hydrogen) atoms. The standard InChI is InChI=1S/C24H28N6O3/c1-18(19-8-4-3-5-9-19)27-33-16-22(31)25-26-23-20-10-6-7-11-21(20)30(24(23)32)17-29-14-12-28(2)13-15-29/h3-11,32H,12-17H2,1-2H3/b26-25?,27-18-. The van der Waals surface area contributed by atoms with Crippen molar-refractivity contribution < 1.29 is 14.7 Å². The van der Waals surface area contributed by atoms with E-state index in [9.17, 15) is 9.90 Å². The van der Waals surface area contributed by atoms with Gasteiger partial charge in [0.1, 0.15) is 0 Å². The first-order chi connectivity index (χ1) is 16.0. The molecule has 0 unspecified atom stereocenters. The molecule has 0 radical (unpaired) electrons. The van der Waals surface area contributed by atoms with Crippen molar-refractivity contribution in [3.8, 4) is 5.88 Å². The zero-order valence-electron chi connectivity index (χ0n) is 18.9. The maximum absolute atomic E-state index is 12.2. The Morgan fingerprint density at radius 2 is 1.73 bits per heavy atom. The van der Waals surface area contributed by atoms with Gasteiger partial charge < -0.3 is 14.8 Å². The number of azo groups is 1. The molecule has 1 aromatic heterocycles. The fourth-order valence-electron chi connectivity index (χ4n) is 3.75. The molecule has 0 atom stereocenters. The Morgan fingerprint density at radius 3 is 2.48 bits per heavy atom. The van der Waals surface area contributed by atoms with Gasteiger partial charge in [0.25, 0.3) is 0 Å². The maximum atomic E-state index is 12.2. The molecule has 0 spiro atoms. The summed E-state index contributed by atoms with van der Waals surface area (Å²) in [5, 5.41) is 23.4. The summed E-state index contributed by atoms with van der Waals surface area (Å²) in [4.78, 5) is 21.9. The normalized spacial score (nSPS) is 16.0. The summed E-state index contributed by atoms with van der Waals surface area (Å²) in [6, 6.07) is 17.1. The number of likely N-dealkylation sites (N-methyl/N-ethyl adjacent to an activating group) is 1. The summed E-state index contributed by atoms with van der Waals surface area (Å²) < 4.78 is 1.81. The summed E-state index contributed by atoms with van der Waals surface area (Å²) in [5.41, 5.74) is 2.68. The number of rotatable bonds is 7. The van der Waals surface area contributed by atoms with E-state index in [-0.39, 0.29) is 18.2 Å². The van der Waals surface area contributed by atoms with Crippen LogP contribution in [0.5, 0.6) is 5.88 Å². The van der Waals surface area contributed by atoms with Crippen LogP contribution in [-0.4, -0.2) is 70.9 Å². The lowest BCUT2D eigenvalue weighted by molar-refractivity contribution is -0.122. The highest BCUT2D eigenvalue weighted by atomic mass is 16.6. The number of amides is 1. The van der Waals surface area contributed by atoms with Gasteiger partial charge >= 0.3 is 5.91 Å². The number of carbonyl (C=O) groups excluding carboxylic acids is 1. The summed E-state index contributed by atoms with van der Waals surface area (Å²) >= 11 is 0. The molecule has 3 aromatic rings. The molecule has 0 aliphatic carbocycles. The molecule has 2 heterocycles. The molecule has 1 amide bonds. The van der Waals surface area contributed by atoms with Gasteiger partial charge in [-0.2, -0.15) is 0 Å². The van der Waals surface area contributed by atoms with Crippen LogP contribution in [0, 0.1) is 0 Å². The average Bonchev–Trinajstić information content (AvgIpc) is 3.10. The number of para-hydroxylation sites is 1. The molecule has 1 N–H and O–H groups in total. The molecule has 4 rings (SSSR count). The van der Waals surface area contributed by atoms with Crippen molar-refractivity contribution >= 4 is 28.2 Å². The number of nitrogens with zero attached hydrogens (tertiary/aromatic N) is 6. The van der Waals surface area contributed by atoms with E-state index in [2.05, 4.69) is 32.2 Å². The van der Waals surface area contributed by atoms with Crippen LogP contribution >= 0.6 is 0 Å². The van der Waals surface area contributed by atoms with Gasteiger partial charge in [-0.1, -0.05) is 53.7 Å². The Labute approximate surface area is 192 Å². The monoisotopic (exact) mass is 448 g/mol. The van der Waals surface area contributed by atoms with Crippen LogP contribution in [-0.2, 0) is 16.3 Å². The molecule has 0 bridgehead atoms. The number of benzene rings is 2. The number of aromatic hydroxyl groups is 1. The van der Waals surface area contributed by atoms with Crippen molar-refractivity contribution in [3.05, 3.63) is 60.2 Å². The first kappa shape index (κ1) is 22.6. The Kier molecular flexibility index (Phi) is 7.11. The minimum absolute atomic E-state index is 0.00876. The molecule has 172 valence electrons. The van der Waals surface area contributed by atoms with E-state index in [1.165, 1.54) is 0 Å². The zero-order chi connectivity index (χ0) is 23.2. The van der Waals surface area contributed by atoms with Crippen LogP contribution < -0.4 is 0 Å². The van der Waals surface area contributed by atoms with Crippen LogP contribution in [0.15, 0.2) is 70.0 Å². The highest BCUT2D eigenvalue weighted by Crippen LogP contribution is 2.39. The van der Waals surface area contributed by atoms with Gasteiger partial charge in [-0.3, -0.25) is 14.3 Å². The minimum Gasteiger partial charge on any atom is -0.493 e. The number of hydrogen-bond donors (Lipinski definition) is 1. The molecule has 1 aliphatic heterocycles. The van der Waals surface area contributed by atoms with Crippen molar-refractivity contribution in [2.24, 2.45) is 15.4 Å². The van der Waals surface area contributed by atoms with Crippen LogP contribution in [0.1, 0.15) is 12.5 Å². The van der Waals surface area contributed by atoms with E-state index in [1.807, 2.05) is 59.2 Å². The third-order valence-corrected chi connectivity index (χ3v) is 5.70. The number of oxime groups is 1. The molecule has 2 aromatic carbocycles. The molecule has 1 saturated heterocycles. The maximum Gasteiger partial charge on any atom is 0.304 e. The summed E-state index contributed by atoms with van der Waals surface area (Å²) in [7, 11) is 2.10. The first-order valence-electron chi connectivity index (χ1n) is 10.9. The van der Waals surface area contributed by atoms with Gasteiger partial charge in [-0.15, -0.1) is 10.2 Å². The quantitative estimate of drug-likeness (QED) is 0.339.